The highest BCUT2D eigenvalue weighted by atomic mass is 32.2. The number of halogens is 1. The standard InChI is InChI=1S/C12H16FNO2S/c13-12-4-2-1-3-10(12)9-14-11-5-7-17(15,16)8-6-11/h1-4,11,14H,5-9H2. The summed E-state index contributed by atoms with van der Waals surface area (Å²) in [4.78, 5) is 0. The zero-order valence-electron chi connectivity index (χ0n) is 9.52. The Balaban J connectivity index is 1.86. The Morgan fingerprint density at radius 3 is 2.53 bits per heavy atom. The van der Waals surface area contributed by atoms with Gasteiger partial charge in [-0.2, -0.15) is 0 Å². The monoisotopic (exact) mass is 257 g/mol. The van der Waals surface area contributed by atoms with Crippen molar-refractivity contribution in [2.75, 3.05) is 11.5 Å². The van der Waals surface area contributed by atoms with E-state index in [-0.39, 0.29) is 23.4 Å². The summed E-state index contributed by atoms with van der Waals surface area (Å²) < 4.78 is 35.8. The Morgan fingerprint density at radius 1 is 1.24 bits per heavy atom. The van der Waals surface area contributed by atoms with Crippen molar-refractivity contribution >= 4 is 9.84 Å². The molecule has 0 aliphatic carbocycles. The van der Waals surface area contributed by atoms with Crippen LogP contribution in [0.25, 0.3) is 0 Å². The van der Waals surface area contributed by atoms with Crippen molar-refractivity contribution < 1.29 is 12.8 Å². The maximum Gasteiger partial charge on any atom is 0.150 e. The Morgan fingerprint density at radius 2 is 1.88 bits per heavy atom. The van der Waals surface area contributed by atoms with Crippen LogP contribution >= 0.6 is 0 Å². The van der Waals surface area contributed by atoms with Crippen molar-refractivity contribution in [2.45, 2.75) is 25.4 Å². The largest absolute Gasteiger partial charge is 0.310 e. The third-order valence-electron chi connectivity index (χ3n) is 3.09. The zero-order chi connectivity index (χ0) is 12.3. The summed E-state index contributed by atoms with van der Waals surface area (Å²) in [7, 11) is -2.82. The van der Waals surface area contributed by atoms with Gasteiger partial charge in [-0.3, -0.25) is 0 Å². The second kappa shape index (κ2) is 5.14. The van der Waals surface area contributed by atoms with Crippen molar-refractivity contribution in [3.63, 3.8) is 0 Å². The van der Waals surface area contributed by atoms with E-state index in [9.17, 15) is 12.8 Å². The molecule has 0 atom stereocenters. The number of hydrogen-bond acceptors (Lipinski definition) is 3. The molecule has 1 heterocycles. The average Bonchev–Trinajstić information content (AvgIpc) is 2.30. The second-order valence-electron chi connectivity index (χ2n) is 4.40. The number of nitrogens with one attached hydrogen (secondary N) is 1. The minimum absolute atomic E-state index is 0.179. The lowest BCUT2D eigenvalue weighted by Crippen LogP contribution is -2.37. The fourth-order valence-electron chi connectivity index (χ4n) is 1.99. The normalized spacial score (nSPS) is 20.3. The first-order valence-electron chi connectivity index (χ1n) is 5.74. The molecule has 1 N–H and O–H groups in total. The molecule has 1 aliphatic heterocycles. The molecule has 17 heavy (non-hydrogen) atoms. The maximum atomic E-state index is 13.3. The summed E-state index contributed by atoms with van der Waals surface area (Å²) in [6.45, 7) is 0.456. The third kappa shape index (κ3) is 3.51. The topological polar surface area (TPSA) is 46.2 Å². The highest BCUT2D eigenvalue weighted by Gasteiger charge is 2.23. The summed E-state index contributed by atoms with van der Waals surface area (Å²) in [5, 5.41) is 3.21. The van der Waals surface area contributed by atoms with Gasteiger partial charge in [-0.15, -0.1) is 0 Å². The summed E-state index contributed by atoms with van der Waals surface area (Å²) in [6.07, 6.45) is 1.24. The van der Waals surface area contributed by atoms with E-state index in [0.717, 1.165) is 0 Å². The van der Waals surface area contributed by atoms with Gasteiger partial charge in [0.25, 0.3) is 0 Å². The van der Waals surface area contributed by atoms with Crippen LogP contribution in [0.3, 0.4) is 0 Å². The van der Waals surface area contributed by atoms with Crippen LogP contribution in [0.2, 0.25) is 0 Å². The van der Waals surface area contributed by atoms with Gasteiger partial charge in [-0.1, -0.05) is 18.2 Å². The van der Waals surface area contributed by atoms with Crippen molar-refractivity contribution in [3.05, 3.63) is 35.6 Å². The Kier molecular flexibility index (Phi) is 3.79. The third-order valence-corrected chi connectivity index (χ3v) is 4.81. The van der Waals surface area contributed by atoms with Gasteiger partial charge in [0.15, 0.2) is 0 Å². The number of rotatable bonds is 3. The molecule has 1 fully saturated rings. The van der Waals surface area contributed by atoms with Gasteiger partial charge < -0.3 is 5.32 Å². The quantitative estimate of drug-likeness (QED) is 0.892. The maximum absolute atomic E-state index is 13.3. The summed E-state index contributed by atoms with van der Waals surface area (Å²) in [5.41, 5.74) is 0.626. The Hall–Kier alpha value is -0.940. The average molecular weight is 257 g/mol. The van der Waals surface area contributed by atoms with Gasteiger partial charge >= 0.3 is 0 Å². The van der Waals surface area contributed by atoms with Crippen LogP contribution in [0.4, 0.5) is 4.39 Å². The molecular weight excluding hydrogens is 241 g/mol. The van der Waals surface area contributed by atoms with Gasteiger partial charge in [0.1, 0.15) is 15.7 Å². The smallest absolute Gasteiger partial charge is 0.150 e. The summed E-state index contributed by atoms with van der Waals surface area (Å²) >= 11 is 0. The molecule has 0 amide bonds. The highest BCUT2D eigenvalue weighted by Crippen LogP contribution is 2.13. The van der Waals surface area contributed by atoms with Crippen LogP contribution < -0.4 is 5.32 Å². The van der Waals surface area contributed by atoms with Gasteiger partial charge in [-0.25, -0.2) is 12.8 Å². The van der Waals surface area contributed by atoms with E-state index in [1.165, 1.54) is 6.07 Å². The van der Waals surface area contributed by atoms with Crippen molar-refractivity contribution in [1.82, 2.24) is 5.32 Å². The minimum Gasteiger partial charge on any atom is -0.310 e. The van der Waals surface area contributed by atoms with E-state index in [2.05, 4.69) is 5.32 Å². The first-order valence-corrected chi connectivity index (χ1v) is 7.56. The van der Waals surface area contributed by atoms with Gasteiger partial charge in [0.2, 0.25) is 0 Å². The molecule has 1 aromatic carbocycles. The SMILES string of the molecule is O=S1(=O)CCC(NCc2ccccc2F)CC1. The Bertz CT molecular complexity index is 473. The van der Waals surface area contributed by atoms with Crippen LogP contribution in [-0.4, -0.2) is 26.0 Å². The van der Waals surface area contributed by atoms with E-state index in [0.29, 0.717) is 24.9 Å². The summed E-state index contributed by atoms with van der Waals surface area (Å²) in [5.74, 6) is 0.257. The van der Waals surface area contributed by atoms with E-state index >= 15 is 0 Å². The fourth-order valence-corrected chi connectivity index (χ4v) is 3.48. The van der Waals surface area contributed by atoms with Crippen LogP contribution in [0.15, 0.2) is 24.3 Å². The molecule has 0 spiro atoms. The molecule has 0 saturated carbocycles. The molecule has 5 heteroatoms. The van der Waals surface area contributed by atoms with Crippen LogP contribution in [0.5, 0.6) is 0 Å². The van der Waals surface area contributed by atoms with Crippen LogP contribution in [0.1, 0.15) is 18.4 Å². The van der Waals surface area contributed by atoms with Crippen LogP contribution in [0, 0.1) is 5.82 Å². The highest BCUT2D eigenvalue weighted by molar-refractivity contribution is 7.91. The fraction of sp³-hybridized carbons (Fsp3) is 0.500. The first kappa shape index (κ1) is 12.5. The molecule has 94 valence electrons. The molecule has 1 aliphatic rings. The lowest BCUT2D eigenvalue weighted by molar-refractivity contribution is 0.456. The first-order chi connectivity index (χ1) is 8.07. The molecule has 1 aromatic rings. The van der Waals surface area contributed by atoms with Gasteiger partial charge in [-0.05, 0) is 18.9 Å². The van der Waals surface area contributed by atoms with Crippen LogP contribution in [-0.2, 0) is 16.4 Å². The zero-order valence-corrected chi connectivity index (χ0v) is 10.3. The predicted molar refractivity (Wildman–Crippen MR) is 64.9 cm³/mol. The molecule has 0 bridgehead atoms. The van der Waals surface area contributed by atoms with Gasteiger partial charge in [0.05, 0.1) is 11.5 Å². The van der Waals surface area contributed by atoms with Gasteiger partial charge in [0, 0.05) is 18.2 Å². The lowest BCUT2D eigenvalue weighted by atomic mass is 10.1. The molecule has 3 nitrogen and oxygen atoms in total. The number of benzene rings is 1. The van der Waals surface area contributed by atoms with E-state index < -0.39 is 9.84 Å². The molecule has 0 radical (unpaired) electrons. The number of sulfone groups is 1. The molecule has 0 aromatic heterocycles. The van der Waals surface area contributed by atoms with E-state index in [1.807, 2.05) is 0 Å². The van der Waals surface area contributed by atoms with Crippen molar-refractivity contribution in [1.29, 1.82) is 0 Å². The summed E-state index contributed by atoms with van der Waals surface area (Å²) in [6, 6.07) is 6.81. The van der Waals surface area contributed by atoms with Crippen molar-refractivity contribution in [3.8, 4) is 0 Å². The minimum atomic E-state index is -2.82. The Labute approximate surface area is 101 Å². The molecule has 1 saturated heterocycles. The van der Waals surface area contributed by atoms with E-state index in [4.69, 9.17) is 0 Å². The molecule has 0 unspecified atom stereocenters. The predicted octanol–water partition coefficient (Wildman–Crippen LogP) is 1.49. The molecule has 2 rings (SSSR count). The lowest BCUT2D eigenvalue weighted by Gasteiger charge is -2.23. The van der Waals surface area contributed by atoms with E-state index in [1.54, 1.807) is 18.2 Å². The van der Waals surface area contributed by atoms with Crippen molar-refractivity contribution in [2.24, 2.45) is 0 Å². The second-order valence-corrected chi connectivity index (χ2v) is 6.70. The molecular formula is C12H16FNO2S. The number of hydrogen-bond donors (Lipinski definition) is 1.